The Morgan fingerprint density at radius 3 is 2.94 bits per heavy atom. The molecular weight excluding hydrogens is 228 g/mol. The number of carbonyl (C=O) groups is 1. The summed E-state index contributed by atoms with van der Waals surface area (Å²) in [6, 6.07) is 3.37. The molecule has 1 aromatic heterocycles. The van der Waals surface area contributed by atoms with E-state index in [1.165, 1.54) is 12.3 Å². The van der Waals surface area contributed by atoms with E-state index < -0.39 is 11.9 Å². The Bertz CT molecular complexity index is 440. The van der Waals surface area contributed by atoms with E-state index in [4.69, 9.17) is 22.0 Å². The molecule has 0 aromatic carbocycles. The van der Waals surface area contributed by atoms with Crippen LogP contribution >= 0.6 is 11.6 Å². The third kappa shape index (κ3) is 2.71. The number of hydrogen-bond donors (Lipinski definition) is 1. The predicted molar refractivity (Wildman–Crippen MR) is 59.2 cm³/mol. The lowest BCUT2D eigenvalue weighted by atomic mass is 9.95. The average molecular weight is 239 g/mol. The number of pyridine rings is 1. The van der Waals surface area contributed by atoms with Crippen molar-refractivity contribution in [3.63, 3.8) is 0 Å². The van der Waals surface area contributed by atoms with Gasteiger partial charge in [0.15, 0.2) is 0 Å². The van der Waals surface area contributed by atoms with E-state index in [0.717, 1.165) is 6.42 Å². The Labute approximate surface area is 98.5 Å². The standard InChI is InChI=1S/C11H11ClN2O2/c1-2-3-9(11(15)16)8-4-7(5-13)10(12)14-6-8/h4,6,9H,2-3H2,1H3,(H,15,16). The molecule has 4 nitrogen and oxygen atoms in total. The molecule has 1 aromatic rings. The molecule has 16 heavy (non-hydrogen) atoms. The van der Waals surface area contributed by atoms with Crippen LogP contribution in [-0.2, 0) is 4.79 Å². The molecule has 0 bridgehead atoms. The van der Waals surface area contributed by atoms with Gasteiger partial charge in [-0.3, -0.25) is 4.79 Å². The van der Waals surface area contributed by atoms with Crippen LogP contribution in [0.1, 0.15) is 36.8 Å². The van der Waals surface area contributed by atoms with Gasteiger partial charge in [0, 0.05) is 6.20 Å². The van der Waals surface area contributed by atoms with Gasteiger partial charge < -0.3 is 5.11 Å². The lowest BCUT2D eigenvalue weighted by Crippen LogP contribution is -2.12. The first kappa shape index (κ1) is 12.5. The number of aromatic nitrogens is 1. The second-order valence-electron chi connectivity index (χ2n) is 3.40. The summed E-state index contributed by atoms with van der Waals surface area (Å²) < 4.78 is 0. The number of rotatable bonds is 4. The third-order valence-electron chi connectivity index (χ3n) is 2.26. The number of nitrogens with zero attached hydrogens (tertiary/aromatic N) is 2. The van der Waals surface area contributed by atoms with Crippen molar-refractivity contribution in [2.45, 2.75) is 25.7 Å². The zero-order chi connectivity index (χ0) is 12.1. The molecule has 0 aliphatic heterocycles. The van der Waals surface area contributed by atoms with E-state index in [2.05, 4.69) is 4.98 Å². The first-order valence-corrected chi connectivity index (χ1v) is 5.26. The SMILES string of the molecule is CCCC(C(=O)O)c1cnc(Cl)c(C#N)c1. The third-order valence-corrected chi connectivity index (χ3v) is 2.56. The molecule has 84 valence electrons. The molecule has 0 saturated carbocycles. The topological polar surface area (TPSA) is 74.0 Å². The van der Waals surface area contributed by atoms with Crippen molar-refractivity contribution < 1.29 is 9.90 Å². The van der Waals surface area contributed by atoms with Crippen molar-refractivity contribution in [3.8, 4) is 6.07 Å². The molecular formula is C11H11ClN2O2. The summed E-state index contributed by atoms with van der Waals surface area (Å²) in [7, 11) is 0. The van der Waals surface area contributed by atoms with Gasteiger partial charge in [-0.1, -0.05) is 24.9 Å². The lowest BCUT2D eigenvalue weighted by molar-refractivity contribution is -0.139. The van der Waals surface area contributed by atoms with Crippen LogP contribution in [0.5, 0.6) is 0 Å². The highest BCUT2D eigenvalue weighted by Crippen LogP contribution is 2.24. The van der Waals surface area contributed by atoms with Gasteiger partial charge in [0.1, 0.15) is 11.2 Å². The van der Waals surface area contributed by atoms with E-state index in [9.17, 15) is 4.79 Å². The molecule has 1 rings (SSSR count). The highest BCUT2D eigenvalue weighted by molar-refractivity contribution is 6.30. The molecule has 0 amide bonds. The number of hydrogen-bond acceptors (Lipinski definition) is 3. The minimum atomic E-state index is -0.908. The van der Waals surface area contributed by atoms with E-state index in [1.807, 2.05) is 13.0 Å². The molecule has 0 radical (unpaired) electrons. The van der Waals surface area contributed by atoms with Crippen molar-refractivity contribution >= 4 is 17.6 Å². The van der Waals surface area contributed by atoms with Gasteiger partial charge in [0.2, 0.25) is 0 Å². The van der Waals surface area contributed by atoms with E-state index in [0.29, 0.717) is 12.0 Å². The first-order valence-electron chi connectivity index (χ1n) is 4.88. The molecule has 0 aliphatic carbocycles. The summed E-state index contributed by atoms with van der Waals surface area (Å²) in [5, 5.41) is 17.9. The van der Waals surface area contributed by atoms with Crippen molar-refractivity contribution in [2.24, 2.45) is 0 Å². The Kier molecular flexibility index (Phi) is 4.27. The summed E-state index contributed by atoms with van der Waals surface area (Å²) in [5.74, 6) is -1.53. The van der Waals surface area contributed by atoms with Crippen LogP contribution < -0.4 is 0 Å². The fraction of sp³-hybridized carbons (Fsp3) is 0.364. The number of nitriles is 1. The zero-order valence-corrected chi connectivity index (χ0v) is 9.53. The molecule has 1 N–H and O–H groups in total. The van der Waals surface area contributed by atoms with Crippen LogP contribution in [0.25, 0.3) is 0 Å². The van der Waals surface area contributed by atoms with Gasteiger partial charge in [-0.25, -0.2) is 4.98 Å². The molecule has 0 fully saturated rings. The monoisotopic (exact) mass is 238 g/mol. The van der Waals surface area contributed by atoms with Gasteiger partial charge in [-0.2, -0.15) is 5.26 Å². The van der Waals surface area contributed by atoms with E-state index in [1.54, 1.807) is 0 Å². The molecule has 0 saturated heterocycles. The second-order valence-corrected chi connectivity index (χ2v) is 3.76. The number of carboxylic acid groups (broad SMARTS) is 1. The first-order chi connectivity index (χ1) is 7.60. The van der Waals surface area contributed by atoms with Gasteiger partial charge in [-0.15, -0.1) is 0 Å². The highest BCUT2D eigenvalue weighted by atomic mass is 35.5. The maximum absolute atomic E-state index is 11.0. The number of carboxylic acids is 1. The Hall–Kier alpha value is -1.60. The maximum atomic E-state index is 11.0. The van der Waals surface area contributed by atoms with E-state index in [-0.39, 0.29) is 10.7 Å². The summed E-state index contributed by atoms with van der Waals surface area (Å²) in [6.45, 7) is 1.91. The largest absolute Gasteiger partial charge is 0.481 e. The van der Waals surface area contributed by atoms with Gasteiger partial charge in [0.25, 0.3) is 0 Å². The minimum absolute atomic E-state index is 0.104. The Balaban J connectivity index is 3.11. The van der Waals surface area contributed by atoms with Crippen LogP contribution in [0.2, 0.25) is 5.15 Å². The quantitative estimate of drug-likeness (QED) is 0.818. The number of halogens is 1. The Morgan fingerprint density at radius 2 is 2.44 bits per heavy atom. The van der Waals surface area contributed by atoms with Crippen LogP contribution in [0.15, 0.2) is 12.3 Å². The summed E-state index contributed by atoms with van der Waals surface area (Å²) in [5.41, 5.74) is 0.733. The predicted octanol–water partition coefficient (Wildman–Crippen LogP) is 2.57. The van der Waals surface area contributed by atoms with Crippen LogP contribution in [-0.4, -0.2) is 16.1 Å². The van der Waals surface area contributed by atoms with Crippen LogP contribution in [0.3, 0.4) is 0 Å². The molecule has 1 atom stereocenters. The normalized spacial score (nSPS) is 11.8. The van der Waals surface area contributed by atoms with Crippen molar-refractivity contribution in [1.29, 1.82) is 5.26 Å². The average Bonchev–Trinajstić information content (AvgIpc) is 2.26. The smallest absolute Gasteiger partial charge is 0.311 e. The fourth-order valence-corrected chi connectivity index (χ4v) is 1.60. The van der Waals surface area contributed by atoms with Gasteiger partial charge in [0.05, 0.1) is 11.5 Å². The molecule has 1 heterocycles. The van der Waals surface area contributed by atoms with Crippen molar-refractivity contribution in [3.05, 3.63) is 28.5 Å². The maximum Gasteiger partial charge on any atom is 0.311 e. The van der Waals surface area contributed by atoms with Gasteiger partial charge in [-0.05, 0) is 18.1 Å². The molecule has 5 heteroatoms. The zero-order valence-electron chi connectivity index (χ0n) is 8.77. The van der Waals surface area contributed by atoms with Gasteiger partial charge >= 0.3 is 5.97 Å². The van der Waals surface area contributed by atoms with Crippen LogP contribution in [0, 0.1) is 11.3 Å². The number of aliphatic carboxylic acids is 1. The van der Waals surface area contributed by atoms with Crippen molar-refractivity contribution in [1.82, 2.24) is 4.98 Å². The molecule has 1 unspecified atom stereocenters. The second kappa shape index (κ2) is 5.47. The minimum Gasteiger partial charge on any atom is -0.481 e. The Morgan fingerprint density at radius 1 is 1.75 bits per heavy atom. The lowest BCUT2D eigenvalue weighted by Gasteiger charge is -2.11. The molecule has 0 spiro atoms. The molecule has 0 aliphatic rings. The van der Waals surface area contributed by atoms with Crippen LogP contribution in [0.4, 0.5) is 0 Å². The fourth-order valence-electron chi connectivity index (χ4n) is 1.45. The highest BCUT2D eigenvalue weighted by Gasteiger charge is 2.20. The van der Waals surface area contributed by atoms with E-state index >= 15 is 0 Å². The summed E-state index contributed by atoms with van der Waals surface area (Å²) >= 11 is 5.68. The van der Waals surface area contributed by atoms with Crippen molar-refractivity contribution in [2.75, 3.05) is 0 Å². The summed E-state index contributed by atoms with van der Waals surface area (Å²) in [4.78, 5) is 14.8. The summed E-state index contributed by atoms with van der Waals surface area (Å²) in [6.07, 6.45) is 2.68.